The number of carbonyl (C=O) groups excluding carboxylic acids is 3. The van der Waals surface area contributed by atoms with Gasteiger partial charge in [-0.25, -0.2) is 0 Å². The maximum atomic E-state index is 14.6. The number of thiophene rings is 1. The van der Waals surface area contributed by atoms with Crippen molar-refractivity contribution in [2.75, 3.05) is 26.2 Å². The zero-order valence-corrected chi connectivity index (χ0v) is 24.1. The van der Waals surface area contributed by atoms with E-state index in [1.54, 1.807) is 70.5 Å². The van der Waals surface area contributed by atoms with Crippen LogP contribution in [-0.2, 0) is 4.79 Å². The summed E-state index contributed by atoms with van der Waals surface area (Å²) in [5.74, 6) is -2.35. The molecular formula is C33H30N4O5S. The van der Waals surface area contributed by atoms with Gasteiger partial charge in [0.2, 0.25) is 5.91 Å². The number of rotatable bonds is 7. The number of nitro groups is 1. The van der Waals surface area contributed by atoms with E-state index in [1.807, 2.05) is 29.6 Å². The van der Waals surface area contributed by atoms with Gasteiger partial charge in [0.25, 0.3) is 11.6 Å². The minimum Gasteiger partial charge on any atom is -0.338 e. The Morgan fingerprint density at radius 3 is 2.02 bits per heavy atom. The molecule has 4 unspecified atom stereocenters. The first-order chi connectivity index (χ1) is 21.0. The third-order valence-corrected chi connectivity index (χ3v) is 9.23. The highest BCUT2D eigenvalue weighted by atomic mass is 32.1. The van der Waals surface area contributed by atoms with Gasteiger partial charge in [-0.1, -0.05) is 66.7 Å². The molecule has 0 saturated carbocycles. The molecule has 2 aliphatic rings. The molecule has 0 radical (unpaired) electrons. The van der Waals surface area contributed by atoms with Crippen molar-refractivity contribution in [1.29, 1.82) is 0 Å². The third-order valence-electron chi connectivity index (χ3n) is 8.29. The number of nitrogens with zero attached hydrogens (tertiary/aromatic N) is 3. The van der Waals surface area contributed by atoms with Crippen molar-refractivity contribution in [1.82, 2.24) is 15.1 Å². The number of non-ortho nitro benzene ring substituents is 1. The van der Waals surface area contributed by atoms with E-state index >= 15 is 0 Å². The van der Waals surface area contributed by atoms with Gasteiger partial charge in [0.1, 0.15) is 6.04 Å². The molecule has 9 nitrogen and oxygen atoms in total. The normalized spacial score (nSPS) is 21.9. The van der Waals surface area contributed by atoms with Crippen molar-refractivity contribution >= 4 is 34.6 Å². The summed E-state index contributed by atoms with van der Waals surface area (Å²) in [7, 11) is 0. The molecule has 2 aliphatic heterocycles. The van der Waals surface area contributed by atoms with Crippen molar-refractivity contribution in [3.63, 3.8) is 0 Å². The Morgan fingerprint density at radius 2 is 1.44 bits per heavy atom. The molecule has 4 aromatic rings. The predicted octanol–water partition coefficient (Wildman–Crippen LogP) is 4.94. The lowest BCUT2D eigenvalue weighted by atomic mass is 9.77. The fraction of sp³-hybridized carbons (Fsp3) is 0.242. The van der Waals surface area contributed by atoms with E-state index in [1.165, 1.54) is 23.5 Å². The fourth-order valence-corrected chi connectivity index (χ4v) is 7.19. The van der Waals surface area contributed by atoms with Gasteiger partial charge in [0.05, 0.1) is 16.9 Å². The topological polar surface area (TPSA) is 113 Å². The number of nitro benzene ring substituents is 1. The quantitative estimate of drug-likeness (QED) is 0.184. The molecule has 10 heteroatoms. The van der Waals surface area contributed by atoms with Crippen LogP contribution in [0.2, 0.25) is 0 Å². The van der Waals surface area contributed by atoms with Crippen LogP contribution in [0.5, 0.6) is 0 Å². The van der Waals surface area contributed by atoms with Crippen LogP contribution in [0.15, 0.2) is 102 Å². The maximum absolute atomic E-state index is 14.6. The van der Waals surface area contributed by atoms with Gasteiger partial charge in [-0.3, -0.25) is 24.5 Å². The van der Waals surface area contributed by atoms with Crippen LogP contribution in [0.3, 0.4) is 0 Å². The molecule has 3 aromatic carbocycles. The van der Waals surface area contributed by atoms with Gasteiger partial charge in [-0.2, -0.15) is 0 Å². The average molecular weight is 595 g/mol. The summed E-state index contributed by atoms with van der Waals surface area (Å²) >= 11 is 1.44. The fourth-order valence-electron chi connectivity index (χ4n) is 6.32. The first-order valence-corrected chi connectivity index (χ1v) is 15.1. The number of nitrogens with one attached hydrogen (secondary N) is 1. The molecule has 1 N–H and O–H groups in total. The van der Waals surface area contributed by atoms with Gasteiger partial charge in [-0.15, -0.1) is 11.3 Å². The Balaban J connectivity index is 1.59. The summed E-state index contributed by atoms with van der Waals surface area (Å²) < 4.78 is 0. The molecule has 1 aromatic heterocycles. The van der Waals surface area contributed by atoms with Gasteiger partial charge >= 0.3 is 0 Å². The molecule has 6 rings (SSSR count). The minimum atomic E-state index is -1.02. The second-order valence-electron chi connectivity index (χ2n) is 10.7. The number of carbonyl (C=O) groups is 3. The largest absolute Gasteiger partial charge is 0.338 e. The lowest BCUT2D eigenvalue weighted by molar-refractivity contribution is -0.384. The second-order valence-corrected chi connectivity index (χ2v) is 11.7. The number of hydrogen-bond acceptors (Lipinski definition) is 7. The van der Waals surface area contributed by atoms with Crippen LogP contribution < -0.4 is 5.32 Å². The van der Waals surface area contributed by atoms with Crippen molar-refractivity contribution in [2.24, 2.45) is 5.92 Å². The van der Waals surface area contributed by atoms with E-state index in [9.17, 15) is 24.5 Å². The lowest BCUT2D eigenvalue weighted by Gasteiger charge is -2.36. The Morgan fingerprint density at radius 1 is 0.814 bits per heavy atom. The molecule has 3 heterocycles. The minimum absolute atomic E-state index is 0.0929. The van der Waals surface area contributed by atoms with Crippen molar-refractivity contribution in [3.8, 4) is 0 Å². The van der Waals surface area contributed by atoms with Gasteiger partial charge in [0, 0.05) is 60.2 Å². The number of hydrogen-bond donors (Lipinski definition) is 1. The lowest BCUT2D eigenvalue weighted by Crippen LogP contribution is -2.54. The molecule has 2 fully saturated rings. The Hall–Kier alpha value is -4.67. The number of Topliss-reactive ketones (excluding diaryl/α,β-unsaturated/α-hetero) is 1. The van der Waals surface area contributed by atoms with Crippen LogP contribution in [0, 0.1) is 16.0 Å². The van der Waals surface area contributed by atoms with Crippen LogP contribution in [0.25, 0.3) is 0 Å². The highest BCUT2D eigenvalue weighted by molar-refractivity contribution is 7.10. The van der Waals surface area contributed by atoms with Gasteiger partial charge in [-0.05, 0) is 29.1 Å². The summed E-state index contributed by atoms with van der Waals surface area (Å²) in [5.41, 5.74) is 1.39. The zero-order valence-electron chi connectivity index (χ0n) is 23.2. The van der Waals surface area contributed by atoms with Gasteiger partial charge < -0.3 is 15.1 Å². The van der Waals surface area contributed by atoms with E-state index in [0.717, 1.165) is 4.88 Å². The third kappa shape index (κ3) is 5.47. The van der Waals surface area contributed by atoms with E-state index in [0.29, 0.717) is 42.9 Å². The van der Waals surface area contributed by atoms with Crippen LogP contribution in [0.1, 0.15) is 43.1 Å². The molecule has 0 bridgehead atoms. The SMILES string of the molecule is O=C(c1ccccc1)C1C(c2ccc([N+](=O)[O-])cc2)C(C(=O)N2CCNCC2)N(C(=O)c2ccccc2)C1c1cccs1. The first kappa shape index (κ1) is 28.4. The Bertz CT molecular complexity index is 1610. The van der Waals surface area contributed by atoms with Crippen LogP contribution in [-0.4, -0.2) is 64.5 Å². The maximum Gasteiger partial charge on any atom is 0.269 e. The van der Waals surface area contributed by atoms with Crippen molar-refractivity contribution in [3.05, 3.63) is 134 Å². The zero-order chi connectivity index (χ0) is 29.9. The highest BCUT2D eigenvalue weighted by Crippen LogP contribution is 2.53. The summed E-state index contributed by atoms with van der Waals surface area (Å²) in [6, 6.07) is 25.8. The van der Waals surface area contributed by atoms with E-state index < -0.39 is 28.8 Å². The van der Waals surface area contributed by atoms with E-state index in [2.05, 4.69) is 5.32 Å². The monoisotopic (exact) mass is 594 g/mol. The summed E-state index contributed by atoms with van der Waals surface area (Å²) in [6.45, 7) is 2.18. The number of piperazine rings is 1. The molecule has 43 heavy (non-hydrogen) atoms. The van der Waals surface area contributed by atoms with Crippen molar-refractivity contribution in [2.45, 2.75) is 18.0 Å². The Kier molecular flexibility index (Phi) is 8.13. The van der Waals surface area contributed by atoms with Crippen LogP contribution in [0.4, 0.5) is 5.69 Å². The smallest absolute Gasteiger partial charge is 0.269 e. The molecule has 4 atom stereocenters. The number of benzene rings is 3. The molecular weight excluding hydrogens is 564 g/mol. The van der Waals surface area contributed by atoms with Gasteiger partial charge in [0.15, 0.2) is 5.78 Å². The molecule has 2 amide bonds. The summed E-state index contributed by atoms with van der Waals surface area (Å²) in [6.07, 6.45) is 0. The number of amides is 2. The molecule has 0 spiro atoms. The van der Waals surface area contributed by atoms with Crippen molar-refractivity contribution < 1.29 is 19.3 Å². The molecule has 218 valence electrons. The first-order valence-electron chi connectivity index (χ1n) is 14.2. The van der Waals surface area contributed by atoms with E-state index in [-0.39, 0.29) is 23.3 Å². The van der Waals surface area contributed by atoms with Crippen LogP contribution >= 0.6 is 11.3 Å². The standard InChI is InChI=1S/C33H30N4O5S/c38-31(23-8-3-1-4-9-23)28-27(22-13-15-25(16-14-22)37(41)42)30(33(40)35-19-17-34-18-20-35)36(29(28)26-12-7-21-43-26)32(39)24-10-5-2-6-11-24/h1-16,21,27-30,34H,17-20H2. The number of ketones is 1. The molecule has 2 saturated heterocycles. The summed E-state index contributed by atoms with van der Waals surface area (Å²) in [5, 5.41) is 16.7. The summed E-state index contributed by atoms with van der Waals surface area (Å²) in [4.78, 5) is 58.9. The highest BCUT2D eigenvalue weighted by Gasteiger charge is 2.58. The van der Waals surface area contributed by atoms with E-state index in [4.69, 9.17) is 0 Å². The number of likely N-dealkylation sites (tertiary alicyclic amines) is 1. The predicted molar refractivity (Wildman–Crippen MR) is 163 cm³/mol. The molecule has 0 aliphatic carbocycles. The second kappa shape index (κ2) is 12.3. The average Bonchev–Trinajstić information content (AvgIpc) is 3.72. The Labute approximate surface area is 252 Å².